The van der Waals surface area contributed by atoms with Crippen molar-refractivity contribution in [2.45, 2.75) is 0 Å². The lowest BCUT2D eigenvalue weighted by atomic mass is 9.38. The molecule has 0 spiro atoms. The standard InChI is InChI=1S/C24H25N7O/c32-10-9-31-11-15-13-3-4-14(16(15)12-31)18-17(13)19-20(18)22(24-27-7-2-8-28-24)30-29-21(19)23-25-5-1-6-26-23/h1-8,13-20,32H,9-12H2. The summed E-state index contributed by atoms with van der Waals surface area (Å²) in [5.41, 5.74) is 1.83. The van der Waals surface area contributed by atoms with Gasteiger partial charge in [-0.3, -0.25) is 0 Å². The Labute approximate surface area is 186 Å². The van der Waals surface area contributed by atoms with Crippen molar-refractivity contribution in [3.8, 4) is 0 Å². The largest absolute Gasteiger partial charge is 0.395 e. The molecule has 2 aliphatic heterocycles. The summed E-state index contributed by atoms with van der Waals surface area (Å²) < 4.78 is 0. The van der Waals surface area contributed by atoms with Gasteiger partial charge in [-0.1, -0.05) is 12.2 Å². The first-order valence-corrected chi connectivity index (χ1v) is 11.6. The second-order valence-corrected chi connectivity index (χ2v) is 9.67. The third kappa shape index (κ3) is 2.50. The highest BCUT2D eigenvalue weighted by molar-refractivity contribution is 6.10. The molecule has 2 aromatic heterocycles. The average molecular weight is 428 g/mol. The number of hydrogen-bond donors (Lipinski definition) is 1. The molecule has 0 radical (unpaired) electrons. The number of aliphatic hydroxyl groups excluding tert-OH is 1. The summed E-state index contributed by atoms with van der Waals surface area (Å²) in [7, 11) is 0. The van der Waals surface area contributed by atoms with E-state index in [0.717, 1.165) is 31.1 Å². The van der Waals surface area contributed by atoms with Crippen molar-refractivity contribution in [2.75, 3.05) is 26.2 Å². The number of aromatic nitrogens is 4. The summed E-state index contributed by atoms with van der Waals surface area (Å²) in [5, 5.41) is 18.9. The molecular formula is C24H25N7O. The molecule has 2 saturated carbocycles. The topological polar surface area (TPSA) is 99.8 Å². The van der Waals surface area contributed by atoms with Crippen molar-refractivity contribution in [1.29, 1.82) is 0 Å². The first-order chi connectivity index (χ1) is 15.8. The Kier molecular flexibility index (Phi) is 4.14. The van der Waals surface area contributed by atoms with Crippen LogP contribution in [0.5, 0.6) is 0 Å². The zero-order chi connectivity index (χ0) is 21.2. The molecule has 2 bridgehead atoms. The molecule has 8 nitrogen and oxygen atoms in total. The number of β-amino-alcohol motifs (C(OH)–C–C–N with tert-alkyl or cyclic N) is 1. The molecule has 1 N–H and O–H groups in total. The van der Waals surface area contributed by atoms with Gasteiger partial charge in [0.25, 0.3) is 0 Å². The van der Waals surface area contributed by atoms with Gasteiger partial charge in [0, 0.05) is 56.3 Å². The maximum absolute atomic E-state index is 9.50. The fourth-order valence-corrected chi connectivity index (χ4v) is 7.45. The Morgan fingerprint density at radius 1 is 0.750 bits per heavy atom. The van der Waals surface area contributed by atoms with Gasteiger partial charge >= 0.3 is 0 Å². The van der Waals surface area contributed by atoms with Crippen molar-refractivity contribution in [3.05, 3.63) is 60.7 Å². The van der Waals surface area contributed by atoms with E-state index in [1.165, 1.54) is 0 Å². The second-order valence-electron chi connectivity index (χ2n) is 9.67. The average Bonchev–Trinajstić information content (AvgIpc) is 3.28. The highest BCUT2D eigenvalue weighted by atomic mass is 16.3. The molecule has 0 amide bonds. The van der Waals surface area contributed by atoms with E-state index in [1.807, 2.05) is 12.1 Å². The Hall–Kier alpha value is -2.84. The van der Waals surface area contributed by atoms with Gasteiger partial charge in [-0.25, -0.2) is 19.9 Å². The van der Waals surface area contributed by atoms with Gasteiger partial charge < -0.3 is 10.0 Å². The molecule has 8 unspecified atom stereocenters. The molecule has 4 aliphatic carbocycles. The van der Waals surface area contributed by atoms with Crippen LogP contribution >= 0.6 is 0 Å². The zero-order valence-electron chi connectivity index (χ0n) is 17.6. The number of rotatable bonds is 4. The number of hydrogen-bond acceptors (Lipinski definition) is 8. The van der Waals surface area contributed by atoms with E-state index >= 15 is 0 Å². The molecule has 8 rings (SSSR count). The highest BCUT2D eigenvalue weighted by Gasteiger charge is 2.68. The molecule has 4 heterocycles. The van der Waals surface area contributed by atoms with Gasteiger partial charge in [0.15, 0.2) is 11.6 Å². The third-order valence-electron chi connectivity index (χ3n) is 8.48. The smallest absolute Gasteiger partial charge is 0.176 e. The number of nitrogens with zero attached hydrogens (tertiary/aromatic N) is 7. The Morgan fingerprint density at radius 3 is 1.66 bits per heavy atom. The quantitative estimate of drug-likeness (QED) is 0.739. The van der Waals surface area contributed by atoms with Gasteiger partial charge in [-0.05, 0) is 47.6 Å². The van der Waals surface area contributed by atoms with Crippen LogP contribution in [0.1, 0.15) is 11.6 Å². The van der Waals surface area contributed by atoms with Crippen LogP contribution in [0, 0.1) is 47.3 Å². The minimum absolute atomic E-state index is 0.227. The second kappa shape index (κ2) is 7.08. The van der Waals surface area contributed by atoms with Crippen molar-refractivity contribution in [2.24, 2.45) is 57.5 Å². The summed E-state index contributed by atoms with van der Waals surface area (Å²) in [5.74, 6) is 5.21. The Bertz CT molecular complexity index is 1030. The van der Waals surface area contributed by atoms with E-state index in [2.05, 4.69) is 47.2 Å². The van der Waals surface area contributed by atoms with Gasteiger partial charge in [-0.2, -0.15) is 10.2 Å². The lowest BCUT2D eigenvalue weighted by molar-refractivity contribution is -0.0896. The summed E-state index contributed by atoms with van der Waals surface area (Å²) in [6.45, 7) is 3.15. The molecule has 8 atom stereocenters. The van der Waals surface area contributed by atoms with Crippen LogP contribution in [0.25, 0.3) is 0 Å². The van der Waals surface area contributed by atoms with E-state index in [1.54, 1.807) is 24.8 Å². The number of likely N-dealkylation sites (tertiary alicyclic amines) is 1. The predicted molar refractivity (Wildman–Crippen MR) is 118 cm³/mol. The molecule has 3 fully saturated rings. The number of allylic oxidation sites excluding steroid dienone is 2. The van der Waals surface area contributed by atoms with Gasteiger partial charge in [-0.15, -0.1) is 0 Å². The Balaban J connectivity index is 1.32. The molecule has 8 heteroatoms. The predicted octanol–water partition coefficient (Wildman–Crippen LogP) is 1.31. The minimum atomic E-state index is 0.227. The van der Waals surface area contributed by atoms with Crippen LogP contribution in [0.2, 0.25) is 0 Å². The maximum Gasteiger partial charge on any atom is 0.176 e. The van der Waals surface area contributed by atoms with E-state index < -0.39 is 0 Å². The van der Waals surface area contributed by atoms with Gasteiger partial charge in [0.05, 0.1) is 6.61 Å². The van der Waals surface area contributed by atoms with Crippen LogP contribution < -0.4 is 0 Å². The fraction of sp³-hybridized carbons (Fsp3) is 0.500. The monoisotopic (exact) mass is 427 g/mol. The molecule has 6 aliphatic rings. The van der Waals surface area contributed by atoms with Crippen LogP contribution in [0.15, 0.2) is 59.3 Å². The lowest BCUT2D eigenvalue weighted by Gasteiger charge is -2.65. The number of aliphatic hydroxyl groups is 1. The highest BCUT2D eigenvalue weighted by Crippen LogP contribution is 2.67. The van der Waals surface area contributed by atoms with E-state index in [0.29, 0.717) is 47.2 Å². The number of fused-ring (bicyclic) bond motifs is 1. The zero-order valence-corrected chi connectivity index (χ0v) is 17.6. The van der Waals surface area contributed by atoms with Crippen LogP contribution in [-0.2, 0) is 0 Å². The van der Waals surface area contributed by atoms with Crippen LogP contribution in [0.4, 0.5) is 0 Å². The first-order valence-electron chi connectivity index (χ1n) is 11.6. The lowest BCUT2D eigenvalue weighted by Crippen LogP contribution is -2.66. The minimum Gasteiger partial charge on any atom is -0.395 e. The van der Waals surface area contributed by atoms with Crippen molar-refractivity contribution in [3.63, 3.8) is 0 Å². The summed E-state index contributed by atoms with van der Waals surface area (Å²) in [6.07, 6.45) is 12.1. The normalized spacial score (nSPS) is 38.9. The van der Waals surface area contributed by atoms with Crippen LogP contribution in [-0.4, -0.2) is 67.6 Å². The SMILES string of the molecule is OCCN1CC2C3C=CC(C2C1)C1C2C(c4ncccn4)=NN=C(c4ncccn4)C2C31. The summed E-state index contributed by atoms with van der Waals surface area (Å²) in [4.78, 5) is 20.5. The maximum atomic E-state index is 9.50. The summed E-state index contributed by atoms with van der Waals surface area (Å²) >= 11 is 0. The van der Waals surface area contributed by atoms with E-state index in [-0.39, 0.29) is 18.4 Å². The van der Waals surface area contributed by atoms with Crippen molar-refractivity contribution >= 4 is 11.4 Å². The Morgan fingerprint density at radius 2 is 1.22 bits per heavy atom. The van der Waals surface area contributed by atoms with E-state index in [4.69, 9.17) is 0 Å². The van der Waals surface area contributed by atoms with Crippen molar-refractivity contribution < 1.29 is 5.11 Å². The van der Waals surface area contributed by atoms with Gasteiger partial charge in [0.1, 0.15) is 11.4 Å². The fourth-order valence-electron chi connectivity index (χ4n) is 7.45. The molecule has 2 aromatic rings. The van der Waals surface area contributed by atoms with Gasteiger partial charge in [0.2, 0.25) is 0 Å². The summed E-state index contributed by atoms with van der Waals surface area (Å²) in [6, 6.07) is 3.68. The third-order valence-corrected chi connectivity index (χ3v) is 8.48. The van der Waals surface area contributed by atoms with Crippen molar-refractivity contribution in [1.82, 2.24) is 24.8 Å². The van der Waals surface area contributed by atoms with Crippen LogP contribution in [0.3, 0.4) is 0 Å². The first kappa shape index (κ1) is 18.7. The molecular weight excluding hydrogens is 402 g/mol. The molecule has 1 saturated heterocycles. The molecule has 162 valence electrons. The molecule has 32 heavy (non-hydrogen) atoms. The van der Waals surface area contributed by atoms with E-state index in [9.17, 15) is 5.11 Å². The molecule has 0 aromatic carbocycles.